The molecule has 130 valence electrons. The molecule has 0 bridgehead atoms. The van der Waals surface area contributed by atoms with Crippen molar-refractivity contribution in [2.45, 2.75) is 25.8 Å². The van der Waals surface area contributed by atoms with Crippen LogP contribution in [-0.2, 0) is 9.59 Å². The standard InChI is InChI=1S/C20H23N3O2/c1-15(24)23-13-10-17(11-14-23)20(25)22-19(16-7-3-2-4-8-16)18-9-5-6-12-21-18/h2-9,12,17,19H,10-11,13-14H2,1H3,(H,22,25). The van der Waals surface area contributed by atoms with Crippen LogP contribution in [0.25, 0.3) is 0 Å². The Hall–Kier alpha value is -2.69. The lowest BCUT2D eigenvalue weighted by Crippen LogP contribution is -2.43. The smallest absolute Gasteiger partial charge is 0.224 e. The summed E-state index contributed by atoms with van der Waals surface area (Å²) in [5, 5.41) is 3.16. The van der Waals surface area contributed by atoms with Gasteiger partial charge in [0.05, 0.1) is 11.7 Å². The minimum atomic E-state index is -0.263. The molecule has 0 saturated carbocycles. The first-order valence-corrected chi connectivity index (χ1v) is 8.67. The highest BCUT2D eigenvalue weighted by Gasteiger charge is 2.28. The molecule has 2 heterocycles. The number of amides is 2. The second kappa shape index (κ2) is 7.92. The number of benzene rings is 1. The van der Waals surface area contributed by atoms with Gasteiger partial charge >= 0.3 is 0 Å². The van der Waals surface area contributed by atoms with Crippen molar-refractivity contribution < 1.29 is 9.59 Å². The van der Waals surface area contributed by atoms with Crippen LogP contribution in [0.4, 0.5) is 0 Å². The molecule has 1 atom stereocenters. The Labute approximate surface area is 148 Å². The first-order chi connectivity index (χ1) is 12.1. The van der Waals surface area contributed by atoms with E-state index in [-0.39, 0.29) is 23.8 Å². The zero-order chi connectivity index (χ0) is 17.6. The molecule has 1 fully saturated rings. The molecule has 1 N–H and O–H groups in total. The highest BCUT2D eigenvalue weighted by atomic mass is 16.2. The van der Waals surface area contributed by atoms with Crippen LogP contribution < -0.4 is 5.32 Å². The van der Waals surface area contributed by atoms with Crippen molar-refractivity contribution in [1.29, 1.82) is 0 Å². The van der Waals surface area contributed by atoms with Crippen LogP contribution in [0.2, 0.25) is 0 Å². The fourth-order valence-electron chi connectivity index (χ4n) is 3.24. The summed E-state index contributed by atoms with van der Waals surface area (Å²) >= 11 is 0. The molecular weight excluding hydrogens is 314 g/mol. The summed E-state index contributed by atoms with van der Waals surface area (Å²) in [5.41, 5.74) is 1.83. The lowest BCUT2D eigenvalue weighted by Gasteiger charge is -2.31. The largest absolute Gasteiger partial charge is 0.343 e. The maximum absolute atomic E-state index is 12.8. The third-order valence-corrected chi connectivity index (χ3v) is 4.71. The Morgan fingerprint density at radius 3 is 2.36 bits per heavy atom. The van der Waals surface area contributed by atoms with E-state index >= 15 is 0 Å². The summed E-state index contributed by atoms with van der Waals surface area (Å²) < 4.78 is 0. The second-order valence-electron chi connectivity index (χ2n) is 6.39. The van der Waals surface area contributed by atoms with E-state index in [9.17, 15) is 9.59 Å². The van der Waals surface area contributed by atoms with Gasteiger partial charge in [-0.05, 0) is 30.5 Å². The SMILES string of the molecule is CC(=O)N1CCC(C(=O)NC(c2ccccc2)c2ccccn2)CC1. The molecule has 0 radical (unpaired) electrons. The van der Waals surface area contributed by atoms with E-state index in [2.05, 4.69) is 10.3 Å². The number of piperidine rings is 1. The number of nitrogens with one attached hydrogen (secondary N) is 1. The van der Waals surface area contributed by atoms with Crippen molar-refractivity contribution in [2.24, 2.45) is 5.92 Å². The molecule has 1 saturated heterocycles. The molecule has 5 heteroatoms. The summed E-state index contributed by atoms with van der Waals surface area (Å²) in [7, 11) is 0. The van der Waals surface area contributed by atoms with E-state index in [0.717, 1.165) is 11.3 Å². The van der Waals surface area contributed by atoms with Gasteiger partial charge in [0, 0.05) is 32.1 Å². The molecule has 1 aromatic heterocycles. The Balaban J connectivity index is 1.73. The summed E-state index contributed by atoms with van der Waals surface area (Å²) in [4.78, 5) is 30.5. The predicted molar refractivity (Wildman–Crippen MR) is 95.6 cm³/mol. The second-order valence-corrected chi connectivity index (χ2v) is 6.39. The zero-order valence-corrected chi connectivity index (χ0v) is 14.4. The highest BCUT2D eigenvalue weighted by Crippen LogP contribution is 2.23. The molecule has 0 spiro atoms. The van der Waals surface area contributed by atoms with E-state index in [1.54, 1.807) is 18.0 Å². The molecule has 5 nitrogen and oxygen atoms in total. The molecule has 3 rings (SSSR count). The molecule has 2 aromatic rings. The van der Waals surface area contributed by atoms with E-state index in [1.165, 1.54) is 0 Å². The highest BCUT2D eigenvalue weighted by molar-refractivity contribution is 5.80. The first-order valence-electron chi connectivity index (χ1n) is 8.67. The van der Waals surface area contributed by atoms with Crippen LogP contribution in [0.15, 0.2) is 54.7 Å². The molecule has 1 aliphatic heterocycles. The maximum atomic E-state index is 12.8. The van der Waals surface area contributed by atoms with Crippen molar-refractivity contribution in [3.8, 4) is 0 Å². The number of rotatable bonds is 4. The van der Waals surface area contributed by atoms with Gasteiger partial charge in [-0.25, -0.2) is 0 Å². The Morgan fingerprint density at radius 1 is 1.08 bits per heavy atom. The van der Waals surface area contributed by atoms with Gasteiger partial charge in [0.25, 0.3) is 0 Å². The van der Waals surface area contributed by atoms with Gasteiger partial charge in [-0.1, -0.05) is 36.4 Å². The molecular formula is C20H23N3O2. The van der Waals surface area contributed by atoms with Gasteiger partial charge < -0.3 is 10.2 Å². The van der Waals surface area contributed by atoms with Gasteiger partial charge in [0.2, 0.25) is 11.8 Å². The minimum absolute atomic E-state index is 0.0303. The third kappa shape index (κ3) is 4.24. The van der Waals surface area contributed by atoms with Gasteiger partial charge in [0.1, 0.15) is 0 Å². The summed E-state index contributed by atoms with van der Waals surface area (Å²) in [5.74, 6) is 0.0442. The monoisotopic (exact) mass is 337 g/mol. The van der Waals surface area contributed by atoms with E-state index in [1.807, 2.05) is 48.5 Å². The number of aromatic nitrogens is 1. The topological polar surface area (TPSA) is 62.3 Å². The number of pyridine rings is 1. The molecule has 2 amide bonds. The van der Waals surface area contributed by atoms with E-state index < -0.39 is 0 Å². The molecule has 1 unspecified atom stereocenters. The van der Waals surface area contributed by atoms with Gasteiger partial charge in [0.15, 0.2) is 0 Å². The summed E-state index contributed by atoms with van der Waals surface area (Å²) in [6.07, 6.45) is 3.15. The Morgan fingerprint density at radius 2 is 1.76 bits per heavy atom. The maximum Gasteiger partial charge on any atom is 0.224 e. The van der Waals surface area contributed by atoms with Gasteiger partial charge in [-0.2, -0.15) is 0 Å². The number of carbonyl (C=O) groups excluding carboxylic acids is 2. The number of hydrogen-bond acceptors (Lipinski definition) is 3. The number of likely N-dealkylation sites (tertiary alicyclic amines) is 1. The molecule has 1 aliphatic rings. The molecule has 1 aromatic carbocycles. The third-order valence-electron chi connectivity index (χ3n) is 4.71. The fourth-order valence-corrected chi connectivity index (χ4v) is 3.24. The van der Waals surface area contributed by atoms with Gasteiger partial charge in [-0.15, -0.1) is 0 Å². The van der Waals surface area contributed by atoms with Crippen LogP contribution in [0, 0.1) is 5.92 Å². The first kappa shape index (κ1) is 17.1. The van der Waals surface area contributed by atoms with Crippen molar-refractivity contribution in [1.82, 2.24) is 15.2 Å². The average molecular weight is 337 g/mol. The summed E-state index contributed by atoms with van der Waals surface area (Å²) in [6, 6.07) is 15.3. The quantitative estimate of drug-likeness (QED) is 0.932. The number of nitrogens with zero attached hydrogens (tertiary/aromatic N) is 2. The summed E-state index contributed by atoms with van der Waals surface area (Å²) in [6.45, 7) is 2.87. The van der Waals surface area contributed by atoms with Crippen molar-refractivity contribution in [2.75, 3.05) is 13.1 Å². The number of carbonyl (C=O) groups is 2. The lowest BCUT2D eigenvalue weighted by atomic mass is 9.94. The van der Waals surface area contributed by atoms with Crippen molar-refractivity contribution in [3.63, 3.8) is 0 Å². The predicted octanol–water partition coefficient (Wildman–Crippen LogP) is 2.55. The lowest BCUT2D eigenvalue weighted by molar-refractivity contribution is -0.134. The van der Waals surface area contributed by atoms with Crippen LogP contribution in [-0.4, -0.2) is 34.8 Å². The van der Waals surface area contributed by atoms with E-state index in [4.69, 9.17) is 0 Å². The van der Waals surface area contributed by atoms with Crippen LogP contribution in [0.5, 0.6) is 0 Å². The van der Waals surface area contributed by atoms with Crippen molar-refractivity contribution in [3.05, 3.63) is 66.0 Å². The van der Waals surface area contributed by atoms with Gasteiger partial charge in [-0.3, -0.25) is 14.6 Å². The normalized spacial score (nSPS) is 16.3. The fraction of sp³-hybridized carbons (Fsp3) is 0.350. The van der Waals surface area contributed by atoms with E-state index in [0.29, 0.717) is 25.9 Å². The molecule has 25 heavy (non-hydrogen) atoms. The number of hydrogen-bond donors (Lipinski definition) is 1. The van der Waals surface area contributed by atoms with Crippen LogP contribution >= 0.6 is 0 Å². The molecule has 0 aliphatic carbocycles. The van der Waals surface area contributed by atoms with Crippen molar-refractivity contribution >= 4 is 11.8 Å². The average Bonchev–Trinajstić information content (AvgIpc) is 2.67. The van der Waals surface area contributed by atoms with Crippen LogP contribution in [0.1, 0.15) is 37.1 Å². The Kier molecular flexibility index (Phi) is 5.43. The Bertz CT molecular complexity index is 671. The zero-order valence-electron chi connectivity index (χ0n) is 14.4. The van der Waals surface area contributed by atoms with Crippen LogP contribution in [0.3, 0.4) is 0 Å². The minimum Gasteiger partial charge on any atom is -0.343 e.